The fraction of sp³-hybridized carbons (Fsp3) is 0.846. The summed E-state index contributed by atoms with van der Waals surface area (Å²) in [6, 6.07) is 0.163. The van der Waals surface area contributed by atoms with Gasteiger partial charge in [-0.15, -0.1) is 0 Å². The molecule has 7 nitrogen and oxygen atoms in total. The zero-order valence-corrected chi connectivity index (χ0v) is 11.5. The Kier molecular flexibility index (Phi) is 5.75. The first-order valence-corrected chi connectivity index (χ1v) is 7.07. The lowest BCUT2D eigenvalue weighted by Gasteiger charge is -2.28. The average molecular weight is 286 g/mol. The molecule has 0 aromatic carbocycles. The van der Waals surface area contributed by atoms with E-state index in [1.165, 1.54) is 0 Å². The van der Waals surface area contributed by atoms with Crippen LogP contribution in [0.25, 0.3) is 0 Å². The number of ether oxygens (including phenoxy) is 2. The van der Waals surface area contributed by atoms with E-state index in [0.717, 1.165) is 12.8 Å². The maximum absolute atomic E-state index is 11.8. The SMILES string of the molecule is O=C(COC1CNCC(C(=O)O)C1)NC1CCOCC1. The topological polar surface area (TPSA) is 96.9 Å². The largest absolute Gasteiger partial charge is 0.481 e. The van der Waals surface area contributed by atoms with Crippen molar-refractivity contribution in [2.24, 2.45) is 5.92 Å². The Morgan fingerprint density at radius 3 is 2.75 bits per heavy atom. The van der Waals surface area contributed by atoms with Crippen LogP contribution in [0.3, 0.4) is 0 Å². The standard InChI is InChI=1S/C13H22N2O5/c16-12(15-10-1-3-19-4-2-10)8-20-11-5-9(13(17)18)6-14-7-11/h9-11,14H,1-8H2,(H,15,16)(H,17,18). The first kappa shape index (κ1) is 15.2. The fourth-order valence-corrected chi connectivity index (χ4v) is 2.52. The number of hydrogen-bond acceptors (Lipinski definition) is 5. The molecule has 0 aromatic rings. The van der Waals surface area contributed by atoms with E-state index < -0.39 is 11.9 Å². The maximum atomic E-state index is 11.8. The number of piperidine rings is 1. The minimum atomic E-state index is -0.822. The number of hydrogen-bond donors (Lipinski definition) is 3. The Hall–Kier alpha value is -1.18. The molecule has 0 spiro atoms. The molecule has 2 rings (SSSR count). The summed E-state index contributed by atoms with van der Waals surface area (Å²) in [5.74, 6) is -1.40. The molecule has 2 aliphatic rings. The number of nitrogens with one attached hydrogen (secondary N) is 2. The molecular weight excluding hydrogens is 264 g/mol. The van der Waals surface area contributed by atoms with E-state index in [1.807, 2.05) is 0 Å². The van der Waals surface area contributed by atoms with Crippen LogP contribution in [-0.4, -0.2) is 62.0 Å². The summed E-state index contributed by atoms with van der Waals surface area (Å²) in [6.45, 7) is 2.39. The van der Waals surface area contributed by atoms with Crippen molar-refractivity contribution in [3.8, 4) is 0 Å². The van der Waals surface area contributed by atoms with Crippen LogP contribution < -0.4 is 10.6 Å². The number of aliphatic carboxylic acids is 1. The summed E-state index contributed by atoms with van der Waals surface area (Å²) in [4.78, 5) is 22.7. The molecule has 2 heterocycles. The Labute approximate surface area is 118 Å². The van der Waals surface area contributed by atoms with Crippen LogP contribution >= 0.6 is 0 Å². The van der Waals surface area contributed by atoms with Gasteiger partial charge in [0, 0.05) is 32.3 Å². The molecule has 0 bridgehead atoms. The second-order valence-electron chi connectivity index (χ2n) is 5.32. The third-order valence-electron chi connectivity index (χ3n) is 3.70. The predicted octanol–water partition coefficient (Wildman–Crippen LogP) is -0.639. The van der Waals surface area contributed by atoms with Gasteiger partial charge in [0.15, 0.2) is 0 Å². The van der Waals surface area contributed by atoms with Crippen LogP contribution in [-0.2, 0) is 19.1 Å². The number of carbonyl (C=O) groups excluding carboxylic acids is 1. The highest BCUT2D eigenvalue weighted by atomic mass is 16.5. The van der Waals surface area contributed by atoms with Crippen LogP contribution in [0.1, 0.15) is 19.3 Å². The van der Waals surface area contributed by atoms with Gasteiger partial charge in [-0.2, -0.15) is 0 Å². The molecule has 1 amide bonds. The van der Waals surface area contributed by atoms with Crippen molar-refractivity contribution in [3.05, 3.63) is 0 Å². The zero-order chi connectivity index (χ0) is 14.4. The van der Waals surface area contributed by atoms with Crippen molar-refractivity contribution in [1.29, 1.82) is 0 Å². The van der Waals surface area contributed by atoms with E-state index in [4.69, 9.17) is 14.6 Å². The number of carbonyl (C=O) groups is 2. The molecule has 0 aliphatic carbocycles. The van der Waals surface area contributed by atoms with Gasteiger partial charge in [0.1, 0.15) is 6.61 Å². The van der Waals surface area contributed by atoms with Crippen molar-refractivity contribution >= 4 is 11.9 Å². The molecule has 2 aliphatic heterocycles. The van der Waals surface area contributed by atoms with E-state index >= 15 is 0 Å². The van der Waals surface area contributed by atoms with E-state index in [2.05, 4.69) is 10.6 Å². The number of rotatable bonds is 5. The summed E-state index contributed by atoms with van der Waals surface area (Å²) < 4.78 is 10.7. The lowest BCUT2D eigenvalue weighted by Crippen LogP contribution is -2.46. The number of carboxylic acids is 1. The van der Waals surface area contributed by atoms with Gasteiger partial charge in [-0.3, -0.25) is 9.59 Å². The van der Waals surface area contributed by atoms with Crippen LogP contribution in [0, 0.1) is 5.92 Å². The van der Waals surface area contributed by atoms with E-state index in [0.29, 0.717) is 32.7 Å². The molecule has 2 fully saturated rings. The highest BCUT2D eigenvalue weighted by molar-refractivity contribution is 5.77. The Morgan fingerprint density at radius 2 is 2.05 bits per heavy atom. The van der Waals surface area contributed by atoms with E-state index in [1.54, 1.807) is 0 Å². The second kappa shape index (κ2) is 7.56. The Balaban J connectivity index is 1.66. The fourth-order valence-electron chi connectivity index (χ4n) is 2.52. The van der Waals surface area contributed by atoms with Gasteiger partial charge in [0.05, 0.1) is 12.0 Å². The monoisotopic (exact) mass is 286 g/mol. The summed E-state index contributed by atoms with van der Waals surface area (Å²) in [5, 5.41) is 14.9. The Morgan fingerprint density at radius 1 is 1.30 bits per heavy atom. The highest BCUT2D eigenvalue weighted by Crippen LogP contribution is 2.13. The van der Waals surface area contributed by atoms with Crippen molar-refractivity contribution < 1.29 is 24.2 Å². The molecule has 0 saturated carbocycles. The van der Waals surface area contributed by atoms with Crippen LogP contribution in [0.4, 0.5) is 0 Å². The maximum Gasteiger partial charge on any atom is 0.307 e. The third-order valence-corrected chi connectivity index (χ3v) is 3.70. The van der Waals surface area contributed by atoms with E-state index in [-0.39, 0.29) is 24.7 Å². The van der Waals surface area contributed by atoms with Crippen LogP contribution in [0.5, 0.6) is 0 Å². The lowest BCUT2D eigenvalue weighted by molar-refractivity contribution is -0.144. The molecule has 0 radical (unpaired) electrons. The summed E-state index contributed by atoms with van der Waals surface area (Å²) in [5.41, 5.74) is 0. The molecular formula is C13H22N2O5. The molecule has 114 valence electrons. The predicted molar refractivity (Wildman–Crippen MR) is 70.3 cm³/mol. The quantitative estimate of drug-likeness (QED) is 0.622. The van der Waals surface area contributed by atoms with Crippen molar-refractivity contribution in [2.45, 2.75) is 31.4 Å². The number of amides is 1. The van der Waals surface area contributed by atoms with Gasteiger partial charge in [-0.1, -0.05) is 0 Å². The normalized spacial score (nSPS) is 28.0. The molecule has 2 unspecified atom stereocenters. The smallest absolute Gasteiger partial charge is 0.307 e. The minimum absolute atomic E-state index is 0.0178. The summed E-state index contributed by atoms with van der Waals surface area (Å²) >= 11 is 0. The van der Waals surface area contributed by atoms with Gasteiger partial charge < -0.3 is 25.2 Å². The lowest BCUT2D eigenvalue weighted by atomic mass is 9.98. The average Bonchev–Trinajstić information content (AvgIpc) is 2.46. The molecule has 7 heteroatoms. The highest BCUT2D eigenvalue weighted by Gasteiger charge is 2.27. The third kappa shape index (κ3) is 4.73. The second-order valence-corrected chi connectivity index (χ2v) is 5.32. The molecule has 0 aromatic heterocycles. The van der Waals surface area contributed by atoms with Gasteiger partial charge >= 0.3 is 5.97 Å². The van der Waals surface area contributed by atoms with Gasteiger partial charge in [0.2, 0.25) is 5.91 Å². The minimum Gasteiger partial charge on any atom is -0.481 e. The molecule has 2 atom stereocenters. The van der Waals surface area contributed by atoms with E-state index in [9.17, 15) is 9.59 Å². The van der Waals surface area contributed by atoms with Crippen molar-refractivity contribution in [1.82, 2.24) is 10.6 Å². The van der Waals surface area contributed by atoms with Crippen molar-refractivity contribution in [3.63, 3.8) is 0 Å². The number of carboxylic acid groups (broad SMARTS) is 1. The summed E-state index contributed by atoms with van der Waals surface area (Å²) in [6.07, 6.45) is 1.90. The zero-order valence-electron chi connectivity index (χ0n) is 11.5. The van der Waals surface area contributed by atoms with Crippen molar-refractivity contribution in [2.75, 3.05) is 32.9 Å². The van der Waals surface area contributed by atoms with Crippen LogP contribution in [0.15, 0.2) is 0 Å². The van der Waals surface area contributed by atoms with Gasteiger partial charge in [0.25, 0.3) is 0 Å². The molecule has 2 saturated heterocycles. The van der Waals surface area contributed by atoms with Crippen LogP contribution in [0.2, 0.25) is 0 Å². The molecule has 3 N–H and O–H groups in total. The molecule has 20 heavy (non-hydrogen) atoms. The summed E-state index contributed by atoms with van der Waals surface area (Å²) in [7, 11) is 0. The first-order valence-electron chi connectivity index (χ1n) is 7.07. The van der Waals surface area contributed by atoms with Gasteiger partial charge in [-0.05, 0) is 19.3 Å². The first-order chi connectivity index (χ1) is 9.65. The van der Waals surface area contributed by atoms with Gasteiger partial charge in [-0.25, -0.2) is 0 Å². The Bertz CT molecular complexity index is 344.